The molecule has 2 aromatic rings. The lowest BCUT2D eigenvalue weighted by molar-refractivity contribution is -0.192. The molecule has 0 amide bonds. The van der Waals surface area contributed by atoms with Gasteiger partial charge in [-0.15, -0.1) is 0 Å². The molecule has 1 aliphatic rings. The molecule has 0 spiro atoms. The Morgan fingerprint density at radius 2 is 1.97 bits per heavy atom. The lowest BCUT2D eigenvalue weighted by Crippen LogP contribution is -2.31. The number of alkyl halides is 3. The van der Waals surface area contributed by atoms with Crippen LogP contribution in [0.4, 0.5) is 17.6 Å². The SMILES string of the molecule is CC(Cc1nc(COc2ccccc2F)no1)C1CCNCC1.O=C(O)C(F)(F)F. The first kappa shape index (κ1) is 23.6. The summed E-state index contributed by atoms with van der Waals surface area (Å²) < 4.78 is 55.9. The van der Waals surface area contributed by atoms with E-state index in [0.29, 0.717) is 23.6 Å². The van der Waals surface area contributed by atoms with E-state index in [1.54, 1.807) is 18.2 Å². The first-order chi connectivity index (χ1) is 14.2. The van der Waals surface area contributed by atoms with Crippen LogP contribution in [0, 0.1) is 17.7 Å². The summed E-state index contributed by atoms with van der Waals surface area (Å²) in [4.78, 5) is 13.2. The van der Waals surface area contributed by atoms with Crippen molar-refractivity contribution in [1.82, 2.24) is 15.5 Å². The van der Waals surface area contributed by atoms with Crippen molar-refractivity contribution >= 4 is 5.97 Å². The van der Waals surface area contributed by atoms with Gasteiger partial charge in [-0.2, -0.15) is 18.2 Å². The first-order valence-corrected chi connectivity index (χ1v) is 9.36. The first-order valence-electron chi connectivity index (χ1n) is 9.36. The van der Waals surface area contributed by atoms with Crippen molar-refractivity contribution in [2.24, 2.45) is 11.8 Å². The van der Waals surface area contributed by atoms with E-state index in [1.165, 1.54) is 18.9 Å². The van der Waals surface area contributed by atoms with Gasteiger partial charge in [0.25, 0.3) is 0 Å². The van der Waals surface area contributed by atoms with Crippen molar-refractivity contribution in [3.8, 4) is 5.75 Å². The number of nitrogens with zero attached hydrogens (tertiary/aromatic N) is 2. The highest BCUT2D eigenvalue weighted by atomic mass is 19.4. The van der Waals surface area contributed by atoms with Gasteiger partial charge in [0, 0.05) is 6.42 Å². The molecule has 1 atom stereocenters. The minimum Gasteiger partial charge on any atom is -0.482 e. The standard InChI is InChI=1S/C17H22FN3O2.C2HF3O2/c1-12(13-6-8-19-9-7-13)10-17-20-16(21-23-17)11-22-15-5-3-2-4-14(15)18;3-2(4,5)1(6)7/h2-5,12-13,19H,6-11H2,1H3;(H,6,7). The number of nitrogens with one attached hydrogen (secondary N) is 1. The molecule has 2 N–H and O–H groups in total. The van der Waals surface area contributed by atoms with Crippen LogP contribution in [-0.4, -0.2) is 40.5 Å². The lowest BCUT2D eigenvalue weighted by atomic mass is 9.84. The summed E-state index contributed by atoms with van der Waals surface area (Å²) in [5, 5.41) is 14.4. The molecule has 1 aromatic heterocycles. The number of carboxylic acid groups (broad SMARTS) is 1. The van der Waals surface area contributed by atoms with Crippen molar-refractivity contribution in [3.63, 3.8) is 0 Å². The monoisotopic (exact) mass is 433 g/mol. The fourth-order valence-corrected chi connectivity index (χ4v) is 2.99. The maximum Gasteiger partial charge on any atom is 0.490 e. The van der Waals surface area contributed by atoms with E-state index < -0.39 is 18.0 Å². The van der Waals surface area contributed by atoms with Gasteiger partial charge in [0.2, 0.25) is 11.7 Å². The zero-order valence-corrected chi connectivity index (χ0v) is 16.3. The largest absolute Gasteiger partial charge is 0.490 e. The number of ether oxygens (including phenoxy) is 1. The molecule has 0 bridgehead atoms. The van der Waals surface area contributed by atoms with Crippen LogP contribution < -0.4 is 10.1 Å². The summed E-state index contributed by atoms with van der Waals surface area (Å²) in [5.41, 5.74) is 0. The van der Waals surface area contributed by atoms with Crippen LogP contribution in [0.25, 0.3) is 0 Å². The van der Waals surface area contributed by atoms with E-state index in [0.717, 1.165) is 19.5 Å². The molecule has 7 nitrogen and oxygen atoms in total. The number of rotatable bonds is 6. The molecule has 0 radical (unpaired) electrons. The molecule has 1 aromatic carbocycles. The average molecular weight is 433 g/mol. The van der Waals surface area contributed by atoms with E-state index in [4.69, 9.17) is 19.2 Å². The van der Waals surface area contributed by atoms with Gasteiger partial charge in [-0.05, 0) is 49.9 Å². The van der Waals surface area contributed by atoms with E-state index in [-0.39, 0.29) is 12.4 Å². The van der Waals surface area contributed by atoms with Gasteiger partial charge < -0.3 is 19.7 Å². The predicted octanol–water partition coefficient (Wildman–Crippen LogP) is 3.60. The van der Waals surface area contributed by atoms with E-state index in [2.05, 4.69) is 22.4 Å². The Kier molecular flexibility index (Phi) is 8.58. The number of carboxylic acids is 1. The fraction of sp³-hybridized carbons (Fsp3) is 0.526. The number of piperidine rings is 1. The van der Waals surface area contributed by atoms with Gasteiger partial charge in [0.1, 0.15) is 0 Å². The molecule has 2 heterocycles. The van der Waals surface area contributed by atoms with E-state index in [1.807, 2.05) is 0 Å². The molecule has 166 valence electrons. The van der Waals surface area contributed by atoms with Gasteiger partial charge in [-0.25, -0.2) is 9.18 Å². The Morgan fingerprint density at radius 1 is 1.33 bits per heavy atom. The van der Waals surface area contributed by atoms with Crippen molar-refractivity contribution in [2.75, 3.05) is 13.1 Å². The van der Waals surface area contributed by atoms with Crippen LogP contribution in [0.1, 0.15) is 31.5 Å². The van der Waals surface area contributed by atoms with Crippen LogP contribution in [0.15, 0.2) is 28.8 Å². The second-order valence-corrected chi connectivity index (χ2v) is 6.90. The maximum atomic E-state index is 13.5. The van der Waals surface area contributed by atoms with Gasteiger partial charge in [-0.1, -0.05) is 24.2 Å². The normalized spacial score (nSPS) is 15.8. The maximum absolute atomic E-state index is 13.5. The van der Waals surface area contributed by atoms with Gasteiger partial charge in [0.15, 0.2) is 18.2 Å². The highest BCUT2D eigenvalue weighted by molar-refractivity contribution is 5.73. The van der Waals surface area contributed by atoms with Crippen LogP contribution in [0.2, 0.25) is 0 Å². The summed E-state index contributed by atoms with van der Waals surface area (Å²) >= 11 is 0. The summed E-state index contributed by atoms with van der Waals surface area (Å²) in [7, 11) is 0. The molecular formula is C19H23F4N3O4. The number of hydrogen-bond acceptors (Lipinski definition) is 6. The number of halogens is 4. The molecule has 1 unspecified atom stereocenters. The minimum absolute atomic E-state index is 0.103. The Hall–Kier alpha value is -2.69. The molecule has 1 aliphatic heterocycles. The second kappa shape index (κ2) is 10.9. The second-order valence-electron chi connectivity index (χ2n) is 6.90. The quantitative estimate of drug-likeness (QED) is 0.672. The molecule has 0 saturated carbocycles. The van der Waals surface area contributed by atoms with Crippen LogP contribution in [-0.2, 0) is 17.8 Å². The summed E-state index contributed by atoms with van der Waals surface area (Å²) in [5.74, 6) is -0.673. The zero-order valence-electron chi connectivity index (χ0n) is 16.3. The summed E-state index contributed by atoms with van der Waals surface area (Å²) in [6, 6.07) is 6.28. The molecule has 1 fully saturated rings. The third-order valence-electron chi connectivity index (χ3n) is 4.63. The van der Waals surface area contributed by atoms with Crippen molar-refractivity contribution in [1.29, 1.82) is 0 Å². The number of aliphatic carboxylic acids is 1. The number of hydrogen-bond donors (Lipinski definition) is 2. The average Bonchev–Trinajstić information content (AvgIpc) is 3.15. The van der Waals surface area contributed by atoms with Crippen LogP contribution in [0.3, 0.4) is 0 Å². The third kappa shape index (κ3) is 7.62. The van der Waals surface area contributed by atoms with E-state index >= 15 is 0 Å². The van der Waals surface area contributed by atoms with Crippen LogP contribution in [0.5, 0.6) is 5.75 Å². The number of carbonyl (C=O) groups is 1. The smallest absolute Gasteiger partial charge is 0.482 e. The Labute approximate surface area is 170 Å². The van der Waals surface area contributed by atoms with Crippen molar-refractivity contribution in [2.45, 2.75) is 39.0 Å². The number of para-hydroxylation sites is 1. The molecule has 0 aliphatic carbocycles. The zero-order chi connectivity index (χ0) is 22.1. The molecule has 11 heteroatoms. The molecule has 3 rings (SSSR count). The summed E-state index contributed by atoms with van der Waals surface area (Å²) in [6.07, 6.45) is -1.92. The Bertz CT molecular complexity index is 807. The van der Waals surface area contributed by atoms with Gasteiger partial charge in [0.05, 0.1) is 0 Å². The highest BCUT2D eigenvalue weighted by Gasteiger charge is 2.38. The molecule has 30 heavy (non-hydrogen) atoms. The number of aromatic nitrogens is 2. The van der Waals surface area contributed by atoms with E-state index in [9.17, 15) is 17.6 Å². The molecular weight excluding hydrogens is 410 g/mol. The highest BCUT2D eigenvalue weighted by Crippen LogP contribution is 2.24. The fourth-order valence-electron chi connectivity index (χ4n) is 2.99. The van der Waals surface area contributed by atoms with Crippen molar-refractivity contribution < 1.29 is 36.7 Å². The van der Waals surface area contributed by atoms with Gasteiger partial charge in [-0.3, -0.25) is 0 Å². The predicted molar refractivity (Wildman–Crippen MR) is 97.2 cm³/mol. The van der Waals surface area contributed by atoms with Crippen LogP contribution >= 0.6 is 0 Å². The number of benzene rings is 1. The van der Waals surface area contributed by atoms with Gasteiger partial charge >= 0.3 is 12.1 Å². The van der Waals surface area contributed by atoms with Crippen molar-refractivity contribution in [3.05, 3.63) is 41.8 Å². The lowest BCUT2D eigenvalue weighted by Gasteiger charge is -2.27. The Morgan fingerprint density at radius 3 is 2.57 bits per heavy atom. The molecule has 1 saturated heterocycles. The topological polar surface area (TPSA) is 97.5 Å². The Balaban J connectivity index is 0.000000396. The summed E-state index contributed by atoms with van der Waals surface area (Å²) in [6.45, 7) is 4.50. The minimum atomic E-state index is -5.08. The third-order valence-corrected chi connectivity index (χ3v) is 4.63.